The second kappa shape index (κ2) is 5.63. The number of methoxy groups -OCH3 is 1. The summed E-state index contributed by atoms with van der Waals surface area (Å²) in [5.74, 6) is 1.30. The van der Waals surface area contributed by atoms with Crippen LogP contribution < -0.4 is 10.1 Å². The van der Waals surface area contributed by atoms with Crippen LogP contribution in [0.2, 0.25) is 0 Å². The smallest absolute Gasteiger partial charge is 0.249 e. The van der Waals surface area contributed by atoms with Gasteiger partial charge in [-0.05, 0) is 31.5 Å². The standard InChI is InChI=1S/C16H17N3O3S2/c1-16-6-5-13(20)19(16)11(8-23-16)14(21)18-15-17-10-4-3-9(22-2)7-12(10)24-15/h3-4,7,11H,5-6,8H2,1-2H3,(H,17,18,21)/t11-,16+/m0/s1. The topological polar surface area (TPSA) is 71.5 Å². The first-order valence-corrected chi connectivity index (χ1v) is 9.52. The fourth-order valence-corrected chi connectivity index (χ4v) is 5.62. The zero-order chi connectivity index (χ0) is 16.9. The number of fused-ring (bicyclic) bond motifs is 2. The predicted octanol–water partition coefficient (Wildman–Crippen LogP) is 2.70. The minimum Gasteiger partial charge on any atom is -0.497 e. The fourth-order valence-electron chi connectivity index (χ4n) is 3.29. The largest absolute Gasteiger partial charge is 0.497 e. The molecule has 2 fully saturated rings. The van der Waals surface area contributed by atoms with E-state index in [1.165, 1.54) is 11.3 Å². The Morgan fingerprint density at radius 1 is 1.50 bits per heavy atom. The monoisotopic (exact) mass is 363 g/mol. The molecular weight excluding hydrogens is 346 g/mol. The molecule has 0 spiro atoms. The Hall–Kier alpha value is -1.80. The molecule has 0 bridgehead atoms. The lowest BCUT2D eigenvalue weighted by Gasteiger charge is -2.29. The van der Waals surface area contributed by atoms with Gasteiger partial charge in [0.05, 0.1) is 22.2 Å². The minimum atomic E-state index is -0.420. The summed E-state index contributed by atoms with van der Waals surface area (Å²) in [4.78, 5) is 30.8. The van der Waals surface area contributed by atoms with Crippen LogP contribution in [0.4, 0.5) is 5.13 Å². The van der Waals surface area contributed by atoms with Gasteiger partial charge in [0.2, 0.25) is 11.8 Å². The van der Waals surface area contributed by atoms with Crippen molar-refractivity contribution in [2.75, 3.05) is 18.2 Å². The number of nitrogens with zero attached hydrogens (tertiary/aromatic N) is 2. The maximum absolute atomic E-state index is 12.7. The molecule has 24 heavy (non-hydrogen) atoms. The van der Waals surface area contributed by atoms with Gasteiger partial charge in [0.25, 0.3) is 0 Å². The van der Waals surface area contributed by atoms with Crippen molar-refractivity contribution in [3.8, 4) is 5.75 Å². The van der Waals surface area contributed by atoms with E-state index in [9.17, 15) is 9.59 Å². The van der Waals surface area contributed by atoms with Crippen molar-refractivity contribution in [3.05, 3.63) is 18.2 Å². The van der Waals surface area contributed by atoms with Gasteiger partial charge in [0.15, 0.2) is 5.13 Å². The predicted molar refractivity (Wildman–Crippen MR) is 95.5 cm³/mol. The van der Waals surface area contributed by atoms with Crippen LogP contribution in [0.3, 0.4) is 0 Å². The average Bonchev–Trinajstić information content (AvgIpc) is 3.19. The molecule has 4 rings (SSSR count). The Bertz CT molecular complexity index is 837. The van der Waals surface area contributed by atoms with Gasteiger partial charge in [0, 0.05) is 12.2 Å². The number of nitrogens with one attached hydrogen (secondary N) is 1. The highest BCUT2D eigenvalue weighted by Crippen LogP contribution is 2.47. The minimum absolute atomic E-state index is 0.0664. The van der Waals surface area contributed by atoms with E-state index in [4.69, 9.17) is 4.74 Å². The van der Waals surface area contributed by atoms with Crippen LogP contribution in [0.1, 0.15) is 19.8 Å². The van der Waals surface area contributed by atoms with Crippen LogP contribution in [-0.4, -0.2) is 45.5 Å². The van der Waals surface area contributed by atoms with Gasteiger partial charge in [-0.15, -0.1) is 11.8 Å². The van der Waals surface area contributed by atoms with Crippen molar-refractivity contribution in [2.24, 2.45) is 0 Å². The molecule has 6 nitrogen and oxygen atoms in total. The van der Waals surface area contributed by atoms with Crippen LogP contribution in [0.25, 0.3) is 10.2 Å². The lowest BCUT2D eigenvalue weighted by atomic mass is 10.2. The number of thioether (sulfide) groups is 1. The molecule has 0 aliphatic carbocycles. The Morgan fingerprint density at radius 2 is 2.33 bits per heavy atom. The fraction of sp³-hybridized carbons (Fsp3) is 0.438. The second-order valence-electron chi connectivity index (χ2n) is 6.11. The first kappa shape index (κ1) is 15.7. The summed E-state index contributed by atoms with van der Waals surface area (Å²) < 4.78 is 6.16. The highest BCUT2D eigenvalue weighted by atomic mass is 32.2. The third-order valence-corrected chi connectivity index (χ3v) is 7.01. The van der Waals surface area contributed by atoms with Crippen LogP contribution in [0, 0.1) is 0 Å². The SMILES string of the molecule is COc1ccc2nc(NC(=O)[C@@H]3CS[C@]4(C)CCC(=O)N34)sc2c1. The molecule has 2 aliphatic rings. The summed E-state index contributed by atoms with van der Waals surface area (Å²) in [5, 5.41) is 3.43. The molecule has 2 aliphatic heterocycles. The molecule has 0 saturated carbocycles. The number of ether oxygens (including phenoxy) is 1. The second-order valence-corrected chi connectivity index (χ2v) is 8.64. The first-order chi connectivity index (χ1) is 11.5. The van der Waals surface area contributed by atoms with Crippen molar-refractivity contribution in [3.63, 3.8) is 0 Å². The maximum Gasteiger partial charge on any atom is 0.249 e. The third kappa shape index (κ3) is 2.44. The zero-order valence-corrected chi connectivity index (χ0v) is 15.0. The molecule has 2 amide bonds. The van der Waals surface area contributed by atoms with E-state index in [1.54, 1.807) is 23.8 Å². The van der Waals surface area contributed by atoms with Crippen molar-refractivity contribution >= 4 is 50.3 Å². The number of aromatic nitrogens is 1. The number of carbonyl (C=O) groups excluding carboxylic acids is 2. The summed E-state index contributed by atoms with van der Waals surface area (Å²) >= 11 is 3.09. The molecule has 8 heteroatoms. The number of thiazole rings is 1. The number of hydrogen-bond acceptors (Lipinski definition) is 6. The summed E-state index contributed by atoms with van der Waals surface area (Å²) in [5.41, 5.74) is 0.819. The number of hydrogen-bond donors (Lipinski definition) is 1. The van der Waals surface area contributed by atoms with Crippen LogP contribution in [0.5, 0.6) is 5.75 Å². The number of amides is 2. The molecule has 126 valence electrons. The molecule has 3 heterocycles. The molecule has 1 aromatic heterocycles. The number of rotatable bonds is 3. The van der Waals surface area contributed by atoms with Crippen LogP contribution in [0.15, 0.2) is 18.2 Å². The van der Waals surface area contributed by atoms with Crippen LogP contribution >= 0.6 is 23.1 Å². The molecule has 2 saturated heterocycles. The summed E-state index contributed by atoms with van der Waals surface area (Å²) in [6, 6.07) is 5.19. The zero-order valence-electron chi connectivity index (χ0n) is 13.4. The number of anilines is 1. The Labute approximate surface area is 147 Å². The van der Waals surface area contributed by atoms with E-state index < -0.39 is 6.04 Å². The molecule has 0 radical (unpaired) electrons. The molecule has 0 unspecified atom stereocenters. The summed E-state index contributed by atoms with van der Waals surface area (Å²) in [7, 11) is 1.62. The first-order valence-electron chi connectivity index (χ1n) is 7.72. The maximum atomic E-state index is 12.7. The van der Waals surface area contributed by atoms with Crippen molar-refractivity contribution in [1.29, 1.82) is 0 Å². The van der Waals surface area contributed by atoms with E-state index in [1.807, 2.05) is 25.1 Å². The van der Waals surface area contributed by atoms with E-state index in [2.05, 4.69) is 10.3 Å². The number of benzene rings is 1. The summed E-state index contributed by atoms with van der Waals surface area (Å²) in [6.07, 6.45) is 1.33. The molecule has 1 N–H and O–H groups in total. The van der Waals surface area contributed by atoms with Gasteiger partial charge in [-0.25, -0.2) is 4.98 Å². The van der Waals surface area contributed by atoms with Gasteiger partial charge in [-0.3, -0.25) is 9.59 Å². The Balaban J connectivity index is 1.55. The van der Waals surface area contributed by atoms with E-state index >= 15 is 0 Å². The van der Waals surface area contributed by atoms with E-state index in [0.717, 1.165) is 22.4 Å². The van der Waals surface area contributed by atoms with Gasteiger partial charge in [0.1, 0.15) is 11.8 Å². The molecular formula is C16H17N3O3S2. The number of carbonyl (C=O) groups is 2. The highest BCUT2D eigenvalue weighted by molar-refractivity contribution is 8.01. The van der Waals surface area contributed by atoms with Crippen molar-refractivity contribution in [1.82, 2.24) is 9.88 Å². The van der Waals surface area contributed by atoms with E-state index in [-0.39, 0.29) is 16.7 Å². The Morgan fingerprint density at radius 3 is 3.12 bits per heavy atom. The van der Waals surface area contributed by atoms with Gasteiger partial charge < -0.3 is 15.0 Å². The van der Waals surface area contributed by atoms with Crippen molar-refractivity contribution in [2.45, 2.75) is 30.7 Å². The van der Waals surface area contributed by atoms with Crippen molar-refractivity contribution < 1.29 is 14.3 Å². The average molecular weight is 363 g/mol. The van der Waals surface area contributed by atoms with Gasteiger partial charge in [-0.1, -0.05) is 11.3 Å². The lowest BCUT2D eigenvalue weighted by Crippen LogP contribution is -2.48. The highest BCUT2D eigenvalue weighted by Gasteiger charge is 2.52. The van der Waals surface area contributed by atoms with Crippen LogP contribution in [-0.2, 0) is 9.59 Å². The van der Waals surface area contributed by atoms with Gasteiger partial charge in [-0.2, -0.15) is 0 Å². The third-order valence-electron chi connectivity index (χ3n) is 4.57. The van der Waals surface area contributed by atoms with E-state index in [0.29, 0.717) is 17.3 Å². The molecule has 2 atom stereocenters. The lowest BCUT2D eigenvalue weighted by molar-refractivity contribution is -0.135. The quantitative estimate of drug-likeness (QED) is 0.908. The Kier molecular flexibility index (Phi) is 3.69. The summed E-state index contributed by atoms with van der Waals surface area (Å²) in [6.45, 7) is 2.04. The van der Waals surface area contributed by atoms with Gasteiger partial charge >= 0.3 is 0 Å². The molecule has 2 aromatic rings. The normalized spacial score (nSPS) is 26.0. The molecule has 1 aromatic carbocycles.